The van der Waals surface area contributed by atoms with Gasteiger partial charge in [-0.3, -0.25) is 4.79 Å². The summed E-state index contributed by atoms with van der Waals surface area (Å²) in [6, 6.07) is 9.75. The first kappa shape index (κ1) is 16.6. The molecule has 1 aromatic carbocycles. The highest BCUT2D eigenvalue weighted by Crippen LogP contribution is 1.96. The molecule has 1 aromatic rings. The average molecular weight is 261 g/mol. The van der Waals surface area contributed by atoms with Crippen LogP contribution in [0.1, 0.15) is 12.5 Å². The summed E-state index contributed by atoms with van der Waals surface area (Å²) >= 11 is 0. The number of amides is 1. The number of carbonyl (C=O) groups excluding carboxylic acids is 2. The largest absolute Gasteiger partial charge is 0.463 e. The highest BCUT2D eigenvalue weighted by atomic mass is 16.5. The Balaban J connectivity index is 0.000000399. The molecular formula is C15H19NO3. The molecule has 0 aliphatic heterocycles. The van der Waals surface area contributed by atoms with Crippen LogP contribution < -0.4 is 5.32 Å². The molecular weight excluding hydrogens is 242 g/mol. The molecule has 4 heteroatoms. The highest BCUT2D eigenvalue weighted by molar-refractivity contribution is 5.86. The van der Waals surface area contributed by atoms with E-state index in [2.05, 4.69) is 23.2 Å². The predicted octanol–water partition coefficient (Wildman–Crippen LogP) is 2.22. The summed E-state index contributed by atoms with van der Waals surface area (Å²) in [4.78, 5) is 20.8. The SMILES string of the molecule is C=CC(=O)NCc1ccccc1.C=CC(=O)OCC. The summed E-state index contributed by atoms with van der Waals surface area (Å²) in [6.45, 7) is 9.30. The van der Waals surface area contributed by atoms with E-state index < -0.39 is 0 Å². The maximum absolute atomic E-state index is 10.8. The Hall–Kier alpha value is -2.36. The van der Waals surface area contributed by atoms with Crippen LogP contribution in [-0.4, -0.2) is 18.5 Å². The number of esters is 1. The molecule has 1 N–H and O–H groups in total. The Morgan fingerprint density at radius 2 is 1.84 bits per heavy atom. The molecule has 0 saturated heterocycles. The van der Waals surface area contributed by atoms with Gasteiger partial charge in [0, 0.05) is 12.6 Å². The van der Waals surface area contributed by atoms with E-state index in [1.807, 2.05) is 30.3 Å². The molecule has 0 radical (unpaired) electrons. The van der Waals surface area contributed by atoms with Crippen LogP contribution in [0.5, 0.6) is 0 Å². The fourth-order valence-corrected chi connectivity index (χ4v) is 1.06. The summed E-state index contributed by atoms with van der Waals surface area (Å²) in [6.07, 6.45) is 2.41. The third kappa shape index (κ3) is 9.35. The smallest absolute Gasteiger partial charge is 0.330 e. The van der Waals surface area contributed by atoms with Crippen molar-refractivity contribution in [2.75, 3.05) is 6.61 Å². The van der Waals surface area contributed by atoms with Crippen molar-refractivity contribution in [2.45, 2.75) is 13.5 Å². The number of rotatable bonds is 5. The molecule has 0 spiro atoms. The number of ether oxygens (including phenoxy) is 1. The predicted molar refractivity (Wildman–Crippen MR) is 75.3 cm³/mol. The lowest BCUT2D eigenvalue weighted by molar-refractivity contribution is -0.137. The normalized spacial score (nSPS) is 8.47. The highest BCUT2D eigenvalue weighted by Gasteiger charge is 1.93. The van der Waals surface area contributed by atoms with E-state index >= 15 is 0 Å². The van der Waals surface area contributed by atoms with Gasteiger partial charge in [0.1, 0.15) is 0 Å². The first-order valence-electron chi connectivity index (χ1n) is 5.87. The minimum absolute atomic E-state index is 0.140. The fourth-order valence-electron chi connectivity index (χ4n) is 1.06. The van der Waals surface area contributed by atoms with Gasteiger partial charge in [-0.2, -0.15) is 0 Å². The number of carbonyl (C=O) groups is 2. The molecule has 0 bridgehead atoms. The Morgan fingerprint density at radius 3 is 2.26 bits per heavy atom. The zero-order valence-electron chi connectivity index (χ0n) is 11.1. The Bertz CT molecular complexity index is 413. The van der Waals surface area contributed by atoms with Crippen molar-refractivity contribution in [3.63, 3.8) is 0 Å². The van der Waals surface area contributed by atoms with E-state index in [0.29, 0.717) is 13.2 Å². The summed E-state index contributed by atoms with van der Waals surface area (Å²) in [7, 11) is 0. The molecule has 0 aromatic heterocycles. The topological polar surface area (TPSA) is 55.4 Å². The first-order valence-corrected chi connectivity index (χ1v) is 5.87. The standard InChI is InChI=1S/C10H11NO.C5H8O2/c1-2-10(12)11-8-9-6-4-3-5-7-9;1-3-5(6)7-4-2/h2-7H,1,8H2,(H,11,12);3H,1,4H2,2H3. The molecule has 0 fully saturated rings. The minimum Gasteiger partial charge on any atom is -0.463 e. The zero-order chi connectivity index (χ0) is 14.5. The average Bonchev–Trinajstić information content (AvgIpc) is 2.46. The summed E-state index contributed by atoms with van der Waals surface area (Å²) in [5, 5.41) is 2.69. The van der Waals surface area contributed by atoms with Crippen LogP contribution in [0, 0.1) is 0 Å². The lowest BCUT2D eigenvalue weighted by atomic mass is 10.2. The van der Waals surface area contributed by atoms with E-state index in [0.717, 1.165) is 11.6 Å². The molecule has 1 rings (SSSR count). The quantitative estimate of drug-likeness (QED) is 0.653. The van der Waals surface area contributed by atoms with E-state index in [-0.39, 0.29) is 11.9 Å². The summed E-state index contributed by atoms with van der Waals surface area (Å²) in [5.74, 6) is -0.499. The van der Waals surface area contributed by atoms with Gasteiger partial charge in [0.15, 0.2) is 0 Å². The lowest BCUT2D eigenvalue weighted by Gasteiger charge is -2.00. The van der Waals surface area contributed by atoms with Gasteiger partial charge in [-0.15, -0.1) is 0 Å². The third-order valence-corrected chi connectivity index (χ3v) is 1.95. The Morgan fingerprint density at radius 1 is 1.21 bits per heavy atom. The minimum atomic E-state index is -0.359. The van der Waals surface area contributed by atoms with Gasteiger partial charge in [-0.05, 0) is 18.6 Å². The van der Waals surface area contributed by atoms with Crippen molar-refractivity contribution in [3.8, 4) is 0 Å². The van der Waals surface area contributed by atoms with Gasteiger partial charge in [-0.25, -0.2) is 4.79 Å². The van der Waals surface area contributed by atoms with Crippen molar-refractivity contribution in [1.29, 1.82) is 0 Å². The molecule has 0 unspecified atom stereocenters. The number of hydrogen-bond acceptors (Lipinski definition) is 3. The number of nitrogens with one attached hydrogen (secondary N) is 1. The van der Waals surface area contributed by atoms with Crippen LogP contribution in [0.25, 0.3) is 0 Å². The van der Waals surface area contributed by atoms with Crippen LogP contribution in [0.15, 0.2) is 55.6 Å². The molecule has 19 heavy (non-hydrogen) atoms. The van der Waals surface area contributed by atoms with Crippen molar-refractivity contribution in [2.24, 2.45) is 0 Å². The summed E-state index contributed by atoms with van der Waals surface area (Å²) < 4.78 is 4.43. The Kier molecular flexibility index (Phi) is 9.43. The van der Waals surface area contributed by atoms with Crippen molar-refractivity contribution < 1.29 is 14.3 Å². The van der Waals surface area contributed by atoms with Crippen LogP contribution in [0.3, 0.4) is 0 Å². The van der Waals surface area contributed by atoms with Crippen LogP contribution in [-0.2, 0) is 20.9 Å². The van der Waals surface area contributed by atoms with Gasteiger partial charge >= 0.3 is 5.97 Å². The monoisotopic (exact) mass is 261 g/mol. The van der Waals surface area contributed by atoms with Crippen LogP contribution in [0.4, 0.5) is 0 Å². The maximum atomic E-state index is 10.8. The third-order valence-electron chi connectivity index (χ3n) is 1.95. The van der Waals surface area contributed by atoms with Crippen LogP contribution in [0.2, 0.25) is 0 Å². The number of benzene rings is 1. The number of hydrogen-bond donors (Lipinski definition) is 1. The van der Waals surface area contributed by atoms with E-state index in [1.165, 1.54) is 6.08 Å². The van der Waals surface area contributed by atoms with Crippen molar-refractivity contribution in [1.82, 2.24) is 5.32 Å². The van der Waals surface area contributed by atoms with Crippen molar-refractivity contribution in [3.05, 3.63) is 61.2 Å². The molecule has 0 saturated carbocycles. The molecule has 0 aliphatic carbocycles. The second-order valence-corrected chi connectivity index (χ2v) is 3.36. The molecule has 1 amide bonds. The lowest BCUT2D eigenvalue weighted by Crippen LogP contribution is -2.19. The van der Waals surface area contributed by atoms with Crippen molar-refractivity contribution >= 4 is 11.9 Å². The molecule has 102 valence electrons. The molecule has 0 aliphatic rings. The van der Waals surface area contributed by atoms with E-state index in [4.69, 9.17) is 0 Å². The first-order chi connectivity index (χ1) is 9.13. The molecule has 4 nitrogen and oxygen atoms in total. The van der Waals surface area contributed by atoms with Gasteiger partial charge in [-0.1, -0.05) is 43.5 Å². The Labute approximate surface area is 113 Å². The van der Waals surface area contributed by atoms with E-state index in [1.54, 1.807) is 6.92 Å². The van der Waals surface area contributed by atoms with Gasteiger partial charge in [0.05, 0.1) is 6.61 Å². The summed E-state index contributed by atoms with van der Waals surface area (Å²) in [5.41, 5.74) is 1.09. The fraction of sp³-hybridized carbons (Fsp3) is 0.200. The molecule has 0 atom stereocenters. The van der Waals surface area contributed by atoms with E-state index in [9.17, 15) is 9.59 Å². The van der Waals surface area contributed by atoms with Gasteiger partial charge in [0.2, 0.25) is 5.91 Å². The van der Waals surface area contributed by atoms with Gasteiger partial charge in [0.25, 0.3) is 0 Å². The second kappa shape index (κ2) is 10.8. The van der Waals surface area contributed by atoms with Crippen LogP contribution >= 0.6 is 0 Å². The zero-order valence-corrected chi connectivity index (χ0v) is 11.1. The maximum Gasteiger partial charge on any atom is 0.330 e. The van der Waals surface area contributed by atoms with Gasteiger partial charge < -0.3 is 10.1 Å². The molecule has 0 heterocycles. The second-order valence-electron chi connectivity index (χ2n) is 3.36.